The van der Waals surface area contributed by atoms with Gasteiger partial charge in [-0.3, -0.25) is 14.5 Å². The van der Waals surface area contributed by atoms with E-state index in [1.54, 1.807) is 6.20 Å². The summed E-state index contributed by atoms with van der Waals surface area (Å²) in [6.07, 6.45) is 5.16. The third-order valence-corrected chi connectivity index (χ3v) is 12.1. The van der Waals surface area contributed by atoms with Crippen molar-refractivity contribution in [3.8, 4) is 39.7 Å². The first kappa shape index (κ1) is 41.0. The van der Waals surface area contributed by atoms with Crippen molar-refractivity contribution in [3.63, 3.8) is 0 Å². The maximum absolute atomic E-state index is 14.1. The van der Waals surface area contributed by atoms with Gasteiger partial charge in [-0.25, -0.2) is 14.8 Å². The van der Waals surface area contributed by atoms with E-state index in [2.05, 4.69) is 82.0 Å². The number of likely N-dealkylation sites (N-methyl/N-ethyl adjacent to an activating group) is 1. The zero-order valence-electron chi connectivity index (χ0n) is 35.1. The molecular weight excluding hydrogens is 767 g/mol. The molecule has 13 heteroatoms. The first-order valence-corrected chi connectivity index (χ1v) is 20.8. The summed E-state index contributed by atoms with van der Waals surface area (Å²) in [7, 11) is 5.10. The molecule has 0 radical (unpaired) electrons. The number of fused-ring (bicyclic) bond motifs is 1. The van der Waals surface area contributed by atoms with Crippen molar-refractivity contribution in [1.29, 1.82) is 5.26 Å². The molecule has 2 fully saturated rings. The first-order chi connectivity index (χ1) is 29.5. The number of nitrogens with one attached hydrogen (secondary N) is 3. The Kier molecular flexibility index (Phi) is 11.7. The van der Waals surface area contributed by atoms with Gasteiger partial charge in [0.05, 0.1) is 55.0 Å². The van der Waals surface area contributed by atoms with Crippen LogP contribution in [-0.4, -0.2) is 92.9 Å². The van der Waals surface area contributed by atoms with Crippen molar-refractivity contribution in [2.45, 2.75) is 57.3 Å². The Hall–Kier alpha value is -6.78. The Morgan fingerprint density at radius 3 is 2.05 bits per heavy atom. The number of nitrogens with zero attached hydrogens (tertiary/aromatic N) is 6. The fraction of sp³-hybridized carbons (Fsp3) is 0.333. The van der Waals surface area contributed by atoms with Crippen molar-refractivity contribution in [2.24, 2.45) is 11.8 Å². The molecule has 4 heterocycles. The van der Waals surface area contributed by atoms with E-state index in [4.69, 9.17) is 14.7 Å². The van der Waals surface area contributed by atoms with Crippen molar-refractivity contribution < 1.29 is 19.1 Å². The van der Waals surface area contributed by atoms with E-state index in [1.807, 2.05) is 79.2 Å². The van der Waals surface area contributed by atoms with E-state index >= 15 is 0 Å². The molecule has 8 rings (SSSR count). The van der Waals surface area contributed by atoms with Crippen LogP contribution >= 0.6 is 0 Å². The molecule has 6 aromatic rings. The highest BCUT2D eigenvalue weighted by molar-refractivity contribution is 5.91. The molecule has 2 aromatic heterocycles. The molecule has 61 heavy (non-hydrogen) atoms. The van der Waals surface area contributed by atoms with Crippen LogP contribution in [0.2, 0.25) is 0 Å². The zero-order valence-corrected chi connectivity index (χ0v) is 35.1. The van der Waals surface area contributed by atoms with E-state index < -0.39 is 18.2 Å². The normalized spacial score (nSPS) is 18.7. The SMILES string of the molecule is COC(=O)NC(C(=O)N1CCCC1c1ncc(-c2ccc3cc(-c4ccc(-c5cnc(C6CC(C#N)CN6C(=O)C(c6ccccc6)N(C)C)[nH]5)cc4)ccc3c2)[nH]1)C(C)C. The summed E-state index contributed by atoms with van der Waals surface area (Å²) in [5, 5.41) is 14.8. The molecule has 5 atom stereocenters. The number of ether oxygens (including phenoxy) is 1. The Balaban J connectivity index is 0.958. The Bertz CT molecular complexity index is 2580. The molecule has 0 saturated carbocycles. The minimum absolute atomic E-state index is 0.0443. The topological polar surface area (TPSA) is 163 Å². The predicted molar refractivity (Wildman–Crippen MR) is 233 cm³/mol. The summed E-state index contributed by atoms with van der Waals surface area (Å²) in [4.78, 5) is 61.7. The van der Waals surface area contributed by atoms with Crippen LogP contribution in [0, 0.1) is 23.2 Å². The van der Waals surface area contributed by atoms with Crippen LogP contribution < -0.4 is 5.32 Å². The van der Waals surface area contributed by atoms with Crippen LogP contribution in [0.3, 0.4) is 0 Å². The molecule has 5 unspecified atom stereocenters. The largest absolute Gasteiger partial charge is 0.453 e. The third kappa shape index (κ3) is 8.36. The van der Waals surface area contributed by atoms with Gasteiger partial charge >= 0.3 is 6.09 Å². The fourth-order valence-corrected chi connectivity index (χ4v) is 8.82. The van der Waals surface area contributed by atoms with Gasteiger partial charge < -0.3 is 29.8 Å². The highest BCUT2D eigenvalue weighted by Crippen LogP contribution is 2.38. The van der Waals surface area contributed by atoms with E-state index in [-0.39, 0.29) is 35.7 Å². The van der Waals surface area contributed by atoms with Crippen molar-refractivity contribution in [3.05, 3.63) is 121 Å². The molecule has 3 N–H and O–H groups in total. The highest BCUT2D eigenvalue weighted by atomic mass is 16.5. The number of H-pyrrole nitrogens is 2. The highest BCUT2D eigenvalue weighted by Gasteiger charge is 2.41. The molecule has 2 aliphatic heterocycles. The zero-order chi connectivity index (χ0) is 42.8. The Morgan fingerprint density at radius 1 is 0.803 bits per heavy atom. The number of carbonyl (C=O) groups is 3. The number of hydrogen-bond acceptors (Lipinski definition) is 8. The number of hydrogen-bond donors (Lipinski definition) is 3. The van der Waals surface area contributed by atoms with Crippen LogP contribution in [-0.2, 0) is 14.3 Å². The molecular formula is C48H51N9O4. The lowest BCUT2D eigenvalue weighted by Gasteiger charge is -2.31. The molecule has 0 aliphatic carbocycles. The van der Waals surface area contributed by atoms with Crippen LogP contribution in [0.15, 0.2) is 103 Å². The number of amides is 3. The third-order valence-electron chi connectivity index (χ3n) is 12.1. The van der Waals surface area contributed by atoms with Crippen molar-refractivity contribution >= 4 is 28.7 Å². The molecule has 2 aliphatic rings. The lowest BCUT2D eigenvalue weighted by atomic mass is 9.98. The number of nitriles is 1. The van der Waals surface area contributed by atoms with E-state index in [0.29, 0.717) is 25.3 Å². The van der Waals surface area contributed by atoms with Crippen LogP contribution in [0.1, 0.15) is 68.4 Å². The van der Waals surface area contributed by atoms with Gasteiger partial charge in [-0.05, 0) is 84.4 Å². The number of benzene rings is 4. The van der Waals surface area contributed by atoms with Gasteiger partial charge in [0.1, 0.15) is 23.7 Å². The van der Waals surface area contributed by atoms with E-state index in [0.717, 1.165) is 68.6 Å². The number of alkyl carbamates (subject to hydrolysis) is 1. The molecule has 312 valence electrons. The standard InChI is InChI=1S/C48H51N9O4/c1-29(2)42(54-48(60)61-5)46(58)56-21-9-12-40(56)44-50-27-39(53-44)37-20-19-35-23-34(17-18-36(35)24-37)31-13-15-32(16-14-31)38-26-51-45(52-38)41-22-30(25-49)28-57(41)47(59)43(55(3)4)33-10-7-6-8-11-33/h6-8,10-11,13-20,23-24,26-27,29-30,40-43H,9,12,21-22,28H2,1-5H3,(H,50,53)(H,51,52)(H,54,60). The van der Waals surface area contributed by atoms with E-state index in [9.17, 15) is 19.6 Å². The number of imidazole rings is 2. The van der Waals surface area contributed by atoms with Gasteiger partial charge in [0.25, 0.3) is 0 Å². The Labute approximate surface area is 355 Å². The summed E-state index contributed by atoms with van der Waals surface area (Å²) >= 11 is 0. The minimum atomic E-state index is -0.689. The second-order valence-electron chi connectivity index (χ2n) is 16.6. The maximum atomic E-state index is 14.1. The molecule has 0 spiro atoms. The summed E-state index contributed by atoms with van der Waals surface area (Å²) in [6.45, 7) is 4.77. The molecule has 0 bridgehead atoms. The minimum Gasteiger partial charge on any atom is -0.453 e. The summed E-state index contributed by atoms with van der Waals surface area (Å²) < 4.78 is 4.77. The molecule has 4 aromatic carbocycles. The number of carbonyl (C=O) groups excluding carboxylic acids is 3. The fourth-order valence-electron chi connectivity index (χ4n) is 8.82. The van der Waals surface area contributed by atoms with Crippen molar-refractivity contribution in [1.82, 2.24) is 40.0 Å². The van der Waals surface area contributed by atoms with E-state index in [1.165, 1.54) is 7.11 Å². The van der Waals surface area contributed by atoms with Gasteiger partial charge in [-0.1, -0.05) is 92.7 Å². The molecule has 13 nitrogen and oxygen atoms in total. The van der Waals surface area contributed by atoms with Gasteiger partial charge in [-0.2, -0.15) is 5.26 Å². The average Bonchev–Trinajstić information content (AvgIpc) is 4.12. The lowest BCUT2D eigenvalue weighted by molar-refractivity contribution is -0.137. The second-order valence-corrected chi connectivity index (χ2v) is 16.6. The van der Waals surface area contributed by atoms with Crippen molar-refractivity contribution in [2.75, 3.05) is 34.3 Å². The van der Waals surface area contributed by atoms with Crippen LogP contribution in [0.4, 0.5) is 4.79 Å². The quantitative estimate of drug-likeness (QED) is 0.118. The lowest BCUT2D eigenvalue weighted by Crippen LogP contribution is -2.51. The summed E-state index contributed by atoms with van der Waals surface area (Å²) in [5.41, 5.74) is 6.75. The molecule has 2 saturated heterocycles. The van der Waals surface area contributed by atoms with Gasteiger partial charge in [0.15, 0.2) is 0 Å². The van der Waals surface area contributed by atoms with Gasteiger partial charge in [0, 0.05) is 18.7 Å². The van der Waals surface area contributed by atoms with Gasteiger partial charge in [-0.15, -0.1) is 0 Å². The number of methoxy groups -OCH3 is 1. The Morgan fingerprint density at radius 2 is 1.41 bits per heavy atom. The van der Waals surface area contributed by atoms with Crippen LogP contribution in [0.5, 0.6) is 0 Å². The van der Waals surface area contributed by atoms with Crippen LogP contribution in [0.25, 0.3) is 44.4 Å². The average molecular weight is 818 g/mol. The first-order valence-electron chi connectivity index (χ1n) is 20.8. The maximum Gasteiger partial charge on any atom is 0.407 e. The number of aromatic nitrogens is 4. The predicted octanol–water partition coefficient (Wildman–Crippen LogP) is 8.05. The smallest absolute Gasteiger partial charge is 0.407 e. The second kappa shape index (κ2) is 17.4. The molecule has 3 amide bonds. The van der Waals surface area contributed by atoms with Gasteiger partial charge in [0.2, 0.25) is 11.8 Å². The number of likely N-dealkylation sites (tertiary alicyclic amines) is 2. The summed E-state index contributed by atoms with van der Waals surface area (Å²) in [5.74, 6) is 0.841. The number of rotatable bonds is 11. The summed E-state index contributed by atoms with van der Waals surface area (Å²) in [6, 6.07) is 31.5. The number of aromatic amines is 2. The monoisotopic (exact) mass is 817 g/mol.